The summed E-state index contributed by atoms with van der Waals surface area (Å²) in [5.41, 5.74) is -0.568. The van der Waals surface area contributed by atoms with Gasteiger partial charge in [0.25, 0.3) is 5.91 Å². The lowest BCUT2D eigenvalue weighted by atomic mass is 10.2. The molecule has 2 aliphatic heterocycles. The van der Waals surface area contributed by atoms with E-state index in [1.807, 2.05) is 0 Å². The first-order valence-electron chi connectivity index (χ1n) is 9.04. The van der Waals surface area contributed by atoms with Crippen molar-refractivity contribution < 1.29 is 27.1 Å². The summed E-state index contributed by atoms with van der Waals surface area (Å²) in [5, 5.41) is 2.18. The molecule has 0 bridgehead atoms. The summed E-state index contributed by atoms with van der Waals surface area (Å²) < 4.78 is 44.4. The Balaban J connectivity index is 1.82. The predicted molar refractivity (Wildman–Crippen MR) is 117 cm³/mol. The van der Waals surface area contributed by atoms with Gasteiger partial charge >= 0.3 is 6.09 Å². The maximum absolute atomic E-state index is 14.6. The van der Waals surface area contributed by atoms with Gasteiger partial charge < -0.3 is 15.0 Å². The van der Waals surface area contributed by atoms with Crippen LogP contribution in [0.15, 0.2) is 27.7 Å². The molecule has 2 fully saturated rings. The minimum atomic E-state index is -3.27. The Hall–Kier alpha value is -1.66. The van der Waals surface area contributed by atoms with E-state index < -0.39 is 45.8 Å². The van der Waals surface area contributed by atoms with Gasteiger partial charge in [-0.25, -0.2) is 17.6 Å². The van der Waals surface area contributed by atoms with E-state index in [1.54, 1.807) is 26.8 Å². The number of amides is 2. The van der Waals surface area contributed by atoms with Crippen molar-refractivity contribution in [2.75, 3.05) is 23.0 Å². The topological polar surface area (TPSA) is 105 Å². The van der Waals surface area contributed by atoms with Crippen LogP contribution >= 0.6 is 27.7 Å². The molecule has 12 heteroatoms. The molecule has 1 aromatic carbocycles. The van der Waals surface area contributed by atoms with Crippen molar-refractivity contribution in [1.29, 1.82) is 0 Å². The van der Waals surface area contributed by atoms with Crippen molar-refractivity contribution in [2.45, 2.75) is 37.7 Å². The Morgan fingerprint density at radius 2 is 2.07 bits per heavy atom. The van der Waals surface area contributed by atoms with Gasteiger partial charge in [0.1, 0.15) is 18.0 Å². The SMILES string of the molecule is CC(C)(C)OC(=O)NCC(=O)N=C1SC2CS(=O)(=O)CC2N1c1ccc(Br)cc1F. The number of hydrogen-bond donors (Lipinski definition) is 1. The Morgan fingerprint density at radius 3 is 2.70 bits per heavy atom. The molecule has 0 saturated carbocycles. The molecule has 164 valence electrons. The number of carbonyl (C=O) groups is 2. The summed E-state index contributed by atoms with van der Waals surface area (Å²) in [6.45, 7) is 4.69. The highest BCUT2D eigenvalue weighted by atomic mass is 79.9. The Kier molecular flexibility index (Phi) is 6.49. The number of nitrogens with one attached hydrogen (secondary N) is 1. The van der Waals surface area contributed by atoms with Crippen molar-refractivity contribution in [2.24, 2.45) is 4.99 Å². The van der Waals surface area contributed by atoms with Crippen LogP contribution in [-0.4, -0.2) is 60.5 Å². The van der Waals surface area contributed by atoms with Crippen LogP contribution in [0.25, 0.3) is 0 Å². The summed E-state index contributed by atoms with van der Waals surface area (Å²) in [7, 11) is -3.27. The molecule has 0 spiro atoms. The summed E-state index contributed by atoms with van der Waals surface area (Å²) in [5.74, 6) is -1.44. The summed E-state index contributed by atoms with van der Waals surface area (Å²) in [6.07, 6.45) is -0.756. The quantitative estimate of drug-likeness (QED) is 0.651. The molecule has 2 atom stereocenters. The molecule has 30 heavy (non-hydrogen) atoms. The fourth-order valence-corrected chi connectivity index (χ4v) is 7.39. The normalized spacial score (nSPS) is 24.0. The maximum atomic E-state index is 14.6. The van der Waals surface area contributed by atoms with Crippen molar-refractivity contribution >= 4 is 60.4 Å². The summed E-state index contributed by atoms with van der Waals surface area (Å²) in [4.78, 5) is 29.5. The van der Waals surface area contributed by atoms with Gasteiger partial charge in [-0.15, -0.1) is 0 Å². The molecule has 1 N–H and O–H groups in total. The monoisotopic (exact) mass is 521 g/mol. The molecular formula is C18H21BrFN3O5S2. The number of nitrogens with zero attached hydrogens (tertiary/aromatic N) is 2. The highest BCUT2D eigenvalue weighted by Crippen LogP contribution is 2.42. The first-order chi connectivity index (χ1) is 13.8. The number of hydrogen-bond acceptors (Lipinski definition) is 6. The van der Waals surface area contributed by atoms with Crippen LogP contribution in [0.4, 0.5) is 14.9 Å². The largest absolute Gasteiger partial charge is 0.444 e. The lowest BCUT2D eigenvalue weighted by molar-refractivity contribution is -0.117. The molecule has 1 aromatic rings. The Labute approximate surface area is 186 Å². The average molecular weight is 522 g/mol. The predicted octanol–water partition coefficient (Wildman–Crippen LogP) is 2.71. The third-order valence-corrected chi connectivity index (χ3v) is 7.94. The maximum Gasteiger partial charge on any atom is 0.408 e. The van der Waals surface area contributed by atoms with E-state index in [0.29, 0.717) is 4.47 Å². The first kappa shape index (κ1) is 23.0. The molecule has 8 nitrogen and oxygen atoms in total. The molecular weight excluding hydrogens is 501 g/mol. The first-order valence-corrected chi connectivity index (χ1v) is 12.5. The van der Waals surface area contributed by atoms with E-state index in [-0.39, 0.29) is 27.6 Å². The van der Waals surface area contributed by atoms with Gasteiger partial charge in [0, 0.05) is 9.72 Å². The number of alkyl carbamates (subject to hydrolysis) is 1. The average Bonchev–Trinajstić information content (AvgIpc) is 3.03. The van der Waals surface area contributed by atoms with Gasteiger partial charge in [-0.1, -0.05) is 27.7 Å². The summed E-state index contributed by atoms with van der Waals surface area (Å²) in [6, 6.07) is 3.87. The number of halogens is 2. The minimum absolute atomic E-state index is 0.0691. The zero-order valence-electron chi connectivity index (χ0n) is 16.5. The van der Waals surface area contributed by atoms with Crippen LogP contribution < -0.4 is 10.2 Å². The number of amidine groups is 1. The molecule has 0 aromatic heterocycles. The van der Waals surface area contributed by atoms with Crippen LogP contribution in [0, 0.1) is 5.82 Å². The van der Waals surface area contributed by atoms with Gasteiger partial charge in [0.15, 0.2) is 15.0 Å². The Bertz CT molecular complexity index is 1010. The highest BCUT2D eigenvalue weighted by Gasteiger charge is 2.50. The molecule has 3 rings (SSSR count). The lowest BCUT2D eigenvalue weighted by Gasteiger charge is -2.25. The second-order valence-electron chi connectivity index (χ2n) is 7.91. The van der Waals surface area contributed by atoms with Gasteiger partial charge in [-0.05, 0) is 39.0 Å². The van der Waals surface area contributed by atoms with Crippen LogP contribution in [0.1, 0.15) is 20.8 Å². The van der Waals surface area contributed by atoms with E-state index in [2.05, 4.69) is 26.2 Å². The molecule has 0 aliphatic carbocycles. The van der Waals surface area contributed by atoms with E-state index in [9.17, 15) is 22.4 Å². The van der Waals surface area contributed by atoms with Gasteiger partial charge in [0.05, 0.1) is 23.2 Å². The second-order valence-corrected chi connectivity index (χ2v) is 12.2. The zero-order valence-corrected chi connectivity index (χ0v) is 19.7. The molecule has 0 radical (unpaired) electrons. The van der Waals surface area contributed by atoms with Crippen LogP contribution in [0.3, 0.4) is 0 Å². The third kappa shape index (κ3) is 5.52. The van der Waals surface area contributed by atoms with Gasteiger partial charge in [-0.2, -0.15) is 4.99 Å². The van der Waals surface area contributed by atoms with Crippen molar-refractivity contribution in [1.82, 2.24) is 5.32 Å². The number of carbonyl (C=O) groups excluding carboxylic acids is 2. The zero-order chi connectivity index (χ0) is 22.3. The highest BCUT2D eigenvalue weighted by molar-refractivity contribution is 9.10. The number of rotatable bonds is 3. The van der Waals surface area contributed by atoms with E-state index in [1.165, 1.54) is 17.0 Å². The van der Waals surface area contributed by atoms with E-state index >= 15 is 0 Å². The fourth-order valence-electron chi connectivity index (χ4n) is 3.13. The molecule has 2 heterocycles. The standard InChI is InChI=1S/C18H21BrFN3O5S2/c1-18(2,3)28-17(25)21-7-15(24)22-16-23(12-5-4-10(19)6-11(12)20)13-8-30(26,27)9-14(13)29-16/h4-6,13-14H,7-9H2,1-3H3,(H,21,25). The number of fused-ring (bicyclic) bond motifs is 1. The lowest BCUT2D eigenvalue weighted by Crippen LogP contribution is -2.39. The Morgan fingerprint density at radius 1 is 1.37 bits per heavy atom. The van der Waals surface area contributed by atoms with Crippen LogP contribution in [0.2, 0.25) is 0 Å². The van der Waals surface area contributed by atoms with E-state index in [0.717, 1.165) is 11.8 Å². The van der Waals surface area contributed by atoms with Crippen molar-refractivity contribution in [3.63, 3.8) is 0 Å². The molecule has 2 saturated heterocycles. The van der Waals surface area contributed by atoms with Crippen LogP contribution in [-0.2, 0) is 19.4 Å². The van der Waals surface area contributed by atoms with E-state index in [4.69, 9.17) is 4.74 Å². The number of thioether (sulfide) groups is 1. The van der Waals surface area contributed by atoms with Gasteiger partial charge in [-0.3, -0.25) is 4.79 Å². The number of benzene rings is 1. The number of aliphatic imine (C=N–C) groups is 1. The van der Waals surface area contributed by atoms with Crippen LogP contribution in [0.5, 0.6) is 0 Å². The molecule has 2 aliphatic rings. The van der Waals surface area contributed by atoms with Crippen molar-refractivity contribution in [3.8, 4) is 0 Å². The van der Waals surface area contributed by atoms with Crippen molar-refractivity contribution in [3.05, 3.63) is 28.5 Å². The minimum Gasteiger partial charge on any atom is -0.444 e. The molecule has 2 amide bonds. The smallest absolute Gasteiger partial charge is 0.408 e. The molecule has 2 unspecified atom stereocenters. The number of ether oxygens (including phenoxy) is 1. The number of sulfone groups is 1. The number of anilines is 1. The second kappa shape index (κ2) is 8.46. The van der Waals surface area contributed by atoms with Gasteiger partial charge in [0.2, 0.25) is 0 Å². The summed E-state index contributed by atoms with van der Waals surface area (Å²) >= 11 is 4.32. The fraction of sp³-hybridized carbons (Fsp3) is 0.500. The third-order valence-electron chi connectivity index (χ3n) is 4.24.